The number of benzene rings is 1. The van der Waals surface area contributed by atoms with E-state index in [2.05, 4.69) is 10.1 Å². The molecule has 0 spiro atoms. The number of halogens is 1. The summed E-state index contributed by atoms with van der Waals surface area (Å²) in [5.41, 5.74) is 0.746. The molecule has 1 aliphatic rings. The van der Waals surface area contributed by atoms with Crippen LogP contribution in [0.25, 0.3) is 10.2 Å². The van der Waals surface area contributed by atoms with Gasteiger partial charge >= 0.3 is 0 Å². The van der Waals surface area contributed by atoms with E-state index in [1.165, 1.54) is 22.1 Å². The van der Waals surface area contributed by atoms with Crippen molar-refractivity contribution in [2.24, 2.45) is 7.05 Å². The maximum absolute atomic E-state index is 14.0. The molecule has 1 saturated heterocycles. The number of amides is 1. The predicted molar refractivity (Wildman–Crippen MR) is 93.4 cm³/mol. The smallest absolute Gasteiger partial charge is 0.278 e. The van der Waals surface area contributed by atoms with Crippen LogP contribution in [0.3, 0.4) is 0 Å². The van der Waals surface area contributed by atoms with Crippen LogP contribution in [0.2, 0.25) is 0 Å². The highest BCUT2D eigenvalue weighted by molar-refractivity contribution is 7.22. The molecule has 2 aromatic heterocycles. The molecule has 1 aromatic carbocycles. The third-order valence-electron chi connectivity index (χ3n) is 4.28. The number of rotatable bonds is 4. The Hall–Kier alpha value is -2.32. The molecule has 3 heterocycles. The number of nitrogens with zero attached hydrogens (tertiary/aromatic N) is 4. The number of aryl methyl sites for hydroxylation is 1. The Labute approximate surface area is 147 Å². The minimum atomic E-state index is -0.384. The summed E-state index contributed by atoms with van der Waals surface area (Å²) in [6.07, 6.45) is 3.42. The van der Waals surface area contributed by atoms with Crippen LogP contribution in [0.5, 0.6) is 0 Å². The summed E-state index contributed by atoms with van der Waals surface area (Å²) in [5.74, 6) is -0.597. The fourth-order valence-electron chi connectivity index (χ4n) is 2.98. The Bertz CT molecular complexity index is 916. The number of carbonyl (C=O) groups excluding carboxylic acids is 1. The Morgan fingerprint density at radius 3 is 3.04 bits per heavy atom. The van der Waals surface area contributed by atoms with Crippen molar-refractivity contribution in [3.05, 3.63) is 42.0 Å². The monoisotopic (exact) mass is 360 g/mol. The molecule has 0 N–H and O–H groups in total. The summed E-state index contributed by atoms with van der Waals surface area (Å²) < 4.78 is 21.9. The van der Waals surface area contributed by atoms with E-state index in [9.17, 15) is 9.18 Å². The molecular weight excluding hydrogens is 343 g/mol. The van der Waals surface area contributed by atoms with E-state index in [1.54, 1.807) is 36.3 Å². The normalized spacial score (nSPS) is 17.3. The third-order valence-corrected chi connectivity index (χ3v) is 5.33. The zero-order valence-electron chi connectivity index (χ0n) is 13.7. The van der Waals surface area contributed by atoms with Crippen LogP contribution in [-0.4, -0.2) is 39.9 Å². The molecule has 1 fully saturated rings. The molecule has 4 rings (SSSR count). The number of para-hydroxylation sites is 1. The molecule has 130 valence electrons. The van der Waals surface area contributed by atoms with Gasteiger partial charge in [-0.25, -0.2) is 9.37 Å². The highest BCUT2D eigenvalue weighted by Crippen LogP contribution is 2.32. The third kappa shape index (κ3) is 3.03. The van der Waals surface area contributed by atoms with Crippen molar-refractivity contribution in [2.75, 3.05) is 18.1 Å². The number of anilines is 1. The van der Waals surface area contributed by atoms with E-state index in [0.29, 0.717) is 28.7 Å². The molecule has 1 amide bonds. The number of hydrogen-bond acceptors (Lipinski definition) is 5. The van der Waals surface area contributed by atoms with Crippen molar-refractivity contribution >= 4 is 32.6 Å². The minimum absolute atomic E-state index is 0.0333. The molecule has 8 heteroatoms. The van der Waals surface area contributed by atoms with Gasteiger partial charge in [-0.2, -0.15) is 5.10 Å². The summed E-state index contributed by atoms with van der Waals surface area (Å²) in [6.45, 7) is 1.10. The molecule has 6 nitrogen and oxygen atoms in total. The Morgan fingerprint density at radius 1 is 1.48 bits per heavy atom. The molecule has 0 bridgehead atoms. The fraction of sp³-hybridized carbons (Fsp3) is 0.353. The van der Waals surface area contributed by atoms with Gasteiger partial charge in [0.2, 0.25) is 0 Å². The number of carbonyl (C=O) groups is 1. The van der Waals surface area contributed by atoms with E-state index >= 15 is 0 Å². The van der Waals surface area contributed by atoms with E-state index < -0.39 is 0 Å². The second kappa shape index (κ2) is 6.53. The lowest BCUT2D eigenvalue weighted by Crippen LogP contribution is -2.38. The van der Waals surface area contributed by atoms with Crippen LogP contribution in [0.4, 0.5) is 9.52 Å². The standard InChI is InChI=1S/C17H17FN4O2S/c1-21-13(7-8-19-21)16(23)22(10-11-4-3-9-24-11)17-20-15-12(18)5-2-6-14(15)25-17/h2,5-8,11H,3-4,9-10H2,1H3/t11-/m1/s1. The van der Waals surface area contributed by atoms with Crippen molar-refractivity contribution in [3.8, 4) is 0 Å². The van der Waals surface area contributed by atoms with Gasteiger partial charge < -0.3 is 4.74 Å². The number of ether oxygens (including phenoxy) is 1. The first-order valence-corrected chi connectivity index (χ1v) is 8.91. The molecular formula is C17H17FN4O2S. The first-order valence-electron chi connectivity index (χ1n) is 8.10. The topological polar surface area (TPSA) is 60.2 Å². The van der Waals surface area contributed by atoms with Crippen LogP contribution in [0, 0.1) is 5.82 Å². The van der Waals surface area contributed by atoms with Crippen molar-refractivity contribution in [1.29, 1.82) is 0 Å². The lowest BCUT2D eigenvalue weighted by atomic mass is 10.2. The lowest BCUT2D eigenvalue weighted by Gasteiger charge is -2.22. The molecule has 25 heavy (non-hydrogen) atoms. The van der Waals surface area contributed by atoms with Gasteiger partial charge in [-0.05, 0) is 31.0 Å². The van der Waals surface area contributed by atoms with Crippen LogP contribution in [0.15, 0.2) is 30.5 Å². The summed E-state index contributed by atoms with van der Waals surface area (Å²) in [6, 6.07) is 6.49. The van der Waals surface area contributed by atoms with E-state index in [1.807, 2.05) is 0 Å². The average Bonchev–Trinajstić information content (AvgIpc) is 3.32. The summed E-state index contributed by atoms with van der Waals surface area (Å²) in [5, 5.41) is 4.54. The van der Waals surface area contributed by atoms with Gasteiger partial charge in [0, 0.05) is 19.9 Å². The van der Waals surface area contributed by atoms with Crippen LogP contribution >= 0.6 is 11.3 Å². The largest absolute Gasteiger partial charge is 0.376 e. The summed E-state index contributed by atoms with van der Waals surface area (Å²) in [7, 11) is 1.72. The van der Waals surface area contributed by atoms with Crippen molar-refractivity contribution in [3.63, 3.8) is 0 Å². The maximum Gasteiger partial charge on any atom is 0.278 e. The molecule has 0 aliphatic carbocycles. The van der Waals surface area contributed by atoms with Crippen molar-refractivity contribution < 1.29 is 13.9 Å². The van der Waals surface area contributed by atoms with Gasteiger partial charge in [0.25, 0.3) is 5.91 Å². The van der Waals surface area contributed by atoms with Gasteiger partial charge in [0.05, 0.1) is 17.3 Å². The van der Waals surface area contributed by atoms with Gasteiger partial charge in [0.1, 0.15) is 17.0 Å². The predicted octanol–water partition coefficient (Wildman–Crippen LogP) is 2.99. The number of hydrogen-bond donors (Lipinski definition) is 0. The summed E-state index contributed by atoms with van der Waals surface area (Å²) in [4.78, 5) is 19.0. The van der Waals surface area contributed by atoms with Crippen LogP contribution < -0.4 is 4.90 Å². The molecule has 0 unspecified atom stereocenters. The number of thiazole rings is 1. The Balaban J connectivity index is 1.74. The van der Waals surface area contributed by atoms with E-state index in [4.69, 9.17) is 4.74 Å². The van der Waals surface area contributed by atoms with Gasteiger partial charge in [0.15, 0.2) is 5.13 Å². The lowest BCUT2D eigenvalue weighted by molar-refractivity contribution is 0.0909. The van der Waals surface area contributed by atoms with E-state index in [-0.39, 0.29) is 23.3 Å². The minimum Gasteiger partial charge on any atom is -0.376 e. The summed E-state index contributed by atoms with van der Waals surface area (Å²) >= 11 is 1.30. The van der Waals surface area contributed by atoms with Gasteiger partial charge in [-0.1, -0.05) is 17.4 Å². The quantitative estimate of drug-likeness (QED) is 0.718. The first-order chi connectivity index (χ1) is 12.1. The SMILES string of the molecule is Cn1nccc1C(=O)N(C[C@H]1CCCO1)c1nc2c(F)cccc2s1. The van der Waals surface area contributed by atoms with Crippen molar-refractivity contribution in [2.45, 2.75) is 18.9 Å². The average molecular weight is 360 g/mol. The van der Waals surface area contributed by atoms with Gasteiger partial charge in [-0.15, -0.1) is 0 Å². The maximum atomic E-state index is 14.0. The highest BCUT2D eigenvalue weighted by atomic mass is 32.1. The van der Waals surface area contributed by atoms with Crippen molar-refractivity contribution in [1.82, 2.24) is 14.8 Å². The fourth-order valence-corrected chi connectivity index (χ4v) is 3.97. The second-order valence-electron chi connectivity index (χ2n) is 5.97. The number of fused-ring (bicyclic) bond motifs is 1. The zero-order chi connectivity index (χ0) is 17.4. The number of aromatic nitrogens is 3. The Morgan fingerprint density at radius 2 is 2.36 bits per heavy atom. The molecule has 3 aromatic rings. The van der Waals surface area contributed by atoms with Crippen LogP contribution in [-0.2, 0) is 11.8 Å². The van der Waals surface area contributed by atoms with Crippen LogP contribution in [0.1, 0.15) is 23.3 Å². The zero-order valence-corrected chi connectivity index (χ0v) is 14.5. The first kappa shape index (κ1) is 16.2. The van der Waals surface area contributed by atoms with E-state index in [0.717, 1.165) is 12.8 Å². The molecule has 1 atom stereocenters. The highest BCUT2D eigenvalue weighted by Gasteiger charge is 2.28. The molecule has 1 aliphatic heterocycles. The molecule has 0 saturated carbocycles. The second-order valence-corrected chi connectivity index (χ2v) is 6.98. The van der Waals surface area contributed by atoms with Gasteiger partial charge in [-0.3, -0.25) is 14.4 Å². The molecule has 0 radical (unpaired) electrons. The Kier molecular flexibility index (Phi) is 4.22.